The van der Waals surface area contributed by atoms with Crippen LogP contribution in [0, 0.1) is 0 Å². The first-order chi connectivity index (χ1) is 14.5. The molecule has 0 aliphatic carbocycles. The smallest absolute Gasteiger partial charge is 0.337 e. The van der Waals surface area contributed by atoms with Crippen LogP contribution in [-0.2, 0) is 9.47 Å². The van der Waals surface area contributed by atoms with Crippen molar-refractivity contribution >= 4 is 35.3 Å². The number of hydrogen-bond acceptors (Lipinski definition) is 7. The van der Waals surface area contributed by atoms with Crippen LogP contribution in [0.3, 0.4) is 0 Å². The lowest BCUT2D eigenvalue weighted by atomic mass is 10.1. The van der Waals surface area contributed by atoms with Crippen LogP contribution in [0.15, 0.2) is 59.9 Å². The van der Waals surface area contributed by atoms with Gasteiger partial charge in [0.05, 0.1) is 31.5 Å². The molecule has 154 valence electrons. The third-order valence-electron chi connectivity index (χ3n) is 4.19. The first-order valence-electron chi connectivity index (χ1n) is 8.78. The Balaban J connectivity index is 2.00. The molecule has 1 N–H and O–H groups in total. The van der Waals surface area contributed by atoms with Crippen molar-refractivity contribution in [3.8, 4) is 5.69 Å². The molecule has 0 atom stereocenters. The predicted molar refractivity (Wildman–Crippen MR) is 112 cm³/mol. The fraction of sp³-hybridized carbons (Fsp3) is 0.143. The number of benzene rings is 2. The molecule has 1 amide bonds. The second kappa shape index (κ2) is 9.27. The third kappa shape index (κ3) is 4.36. The van der Waals surface area contributed by atoms with Gasteiger partial charge in [0.1, 0.15) is 5.69 Å². The fourth-order valence-electron chi connectivity index (χ4n) is 2.83. The summed E-state index contributed by atoms with van der Waals surface area (Å²) in [6.07, 6.45) is 3.34. The fourth-order valence-corrected chi connectivity index (χ4v) is 3.38. The molecule has 0 spiro atoms. The summed E-state index contributed by atoms with van der Waals surface area (Å²) in [6, 6.07) is 13.5. The van der Waals surface area contributed by atoms with Crippen molar-refractivity contribution in [2.45, 2.75) is 5.16 Å². The molecule has 1 aromatic heterocycles. The predicted octanol–water partition coefficient (Wildman–Crippen LogP) is 3.42. The molecule has 0 bridgehead atoms. The standard InChI is InChI=1S/C21H19N3O5S/c1-28-19(26)13-9-14(20(27)29-2)11-15(10-13)23-18(25)17-12-22-21(30-3)24(17)16-7-5-4-6-8-16/h4-12H,1-3H3,(H,23,25). The summed E-state index contributed by atoms with van der Waals surface area (Å²) in [7, 11) is 2.46. The molecule has 0 saturated carbocycles. The van der Waals surface area contributed by atoms with Crippen LogP contribution >= 0.6 is 11.8 Å². The van der Waals surface area contributed by atoms with Crippen molar-refractivity contribution in [1.29, 1.82) is 0 Å². The van der Waals surface area contributed by atoms with Crippen molar-refractivity contribution in [3.05, 3.63) is 71.5 Å². The molecule has 1 heterocycles. The van der Waals surface area contributed by atoms with Gasteiger partial charge in [-0.3, -0.25) is 9.36 Å². The van der Waals surface area contributed by atoms with E-state index < -0.39 is 17.8 Å². The molecule has 0 aliphatic heterocycles. The van der Waals surface area contributed by atoms with Crippen molar-refractivity contribution in [2.24, 2.45) is 0 Å². The molecule has 3 rings (SSSR count). The number of nitrogens with one attached hydrogen (secondary N) is 1. The van der Waals surface area contributed by atoms with E-state index in [9.17, 15) is 14.4 Å². The van der Waals surface area contributed by atoms with Crippen LogP contribution in [0.1, 0.15) is 31.2 Å². The van der Waals surface area contributed by atoms with Gasteiger partial charge in [0, 0.05) is 11.4 Å². The van der Waals surface area contributed by atoms with E-state index in [2.05, 4.69) is 10.3 Å². The molecule has 2 aromatic carbocycles. The van der Waals surface area contributed by atoms with Crippen LogP contribution < -0.4 is 5.32 Å². The number of thioether (sulfide) groups is 1. The maximum Gasteiger partial charge on any atom is 0.337 e. The van der Waals surface area contributed by atoms with Crippen LogP contribution in [0.25, 0.3) is 5.69 Å². The van der Waals surface area contributed by atoms with Gasteiger partial charge in [-0.25, -0.2) is 14.6 Å². The summed E-state index contributed by atoms with van der Waals surface area (Å²) in [5, 5.41) is 3.36. The first kappa shape index (κ1) is 21.1. The van der Waals surface area contributed by atoms with E-state index in [0.29, 0.717) is 10.9 Å². The Morgan fingerprint density at radius 3 is 2.10 bits per heavy atom. The molecule has 0 unspecified atom stereocenters. The average Bonchev–Trinajstić information content (AvgIpc) is 3.22. The molecular formula is C21H19N3O5S. The van der Waals surface area contributed by atoms with Gasteiger partial charge in [-0.1, -0.05) is 30.0 Å². The molecule has 0 aliphatic rings. The summed E-state index contributed by atoms with van der Waals surface area (Å²) >= 11 is 1.40. The van der Waals surface area contributed by atoms with Crippen molar-refractivity contribution in [3.63, 3.8) is 0 Å². The highest BCUT2D eigenvalue weighted by molar-refractivity contribution is 7.98. The van der Waals surface area contributed by atoms with E-state index in [1.54, 1.807) is 4.57 Å². The topological polar surface area (TPSA) is 99.5 Å². The number of esters is 2. The largest absolute Gasteiger partial charge is 0.465 e. The maximum absolute atomic E-state index is 13.0. The number of hydrogen-bond donors (Lipinski definition) is 1. The summed E-state index contributed by atoms with van der Waals surface area (Å²) < 4.78 is 11.2. The van der Waals surface area contributed by atoms with Crippen LogP contribution in [0.2, 0.25) is 0 Å². The Labute approximate surface area is 177 Å². The molecule has 0 fully saturated rings. The molecule has 30 heavy (non-hydrogen) atoms. The van der Waals surface area contributed by atoms with Gasteiger partial charge in [0.15, 0.2) is 5.16 Å². The lowest BCUT2D eigenvalue weighted by molar-refractivity contribution is 0.0599. The number of imidazole rings is 1. The van der Waals surface area contributed by atoms with E-state index in [4.69, 9.17) is 9.47 Å². The molecule has 9 heteroatoms. The van der Waals surface area contributed by atoms with E-state index in [-0.39, 0.29) is 16.8 Å². The van der Waals surface area contributed by atoms with Gasteiger partial charge in [-0.15, -0.1) is 0 Å². The first-order valence-corrected chi connectivity index (χ1v) is 10.0. The summed E-state index contributed by atoms with van der Waals surface area (Å²) in [4.78, 5) is 41.3. The minimum atomic E-state index is -0.643. The van der Waals surface area contributed by atoms with E-state index in [0.717, 1.165) is 5.69 Å². The van der Waals surface area contributed by atoms with Crippen LogP contribution in [0.5, 0.6) is 0 Å². The number of carbonyl (C=O) groups excluding carboxylic acids is 3. The van der Waals surface area contributed by atoms with E-state index in [1.807, 2.05) is 36.6 Å². The van der Waals surface area contributed by atoms with Gasteiger partial charge in [0.2, 0.25) is 0 Å². The second-order valence-electron chi connectivity index (χ2n) is 6.04. The number of ether oxygens (including phenoxy) is 2. The third-order valence-corrected chi connectivity index (χ3v) is 4.85. The van der Waals surface area contributed by atoms with Crippen molar-refractivity contribution in [2.75, 3.05) is 25.8 Å². The summed E-state index contributed by atoms with van der Waals surface area (Å²) in [6.45, 7) is 0. The van der Waals surface area contributed by atoms with Crippen molar-refractivity contribution in [1.82, 2.24) is 9.55 Å². The lowest BCUT2D eigenvalue weighted by Gasteiger charge is -2.12. The SMILES string of the molecule is COC(=O)c1cc(NC(=O)c2cnc(SC)n2-c2ccccc2)cc(C(=O)OC)c1. The lowest BCUT2D eigenvalue weighted by Crippen LogP contribution is -2.18. The van der Waals surface area contributed by atoms with Gasteiger partial charge in [-0.2, -0.15) is 0 Å². The normalized spacial score (nSPS) is 10.4. The number of rotatable bonds is 6. The number of amides is 1. The quantitative estimate of drug-likeness (QED) is 0.477. The Morgan fingerprint density at radius 2 is 1.57 bits per heavy atom. The minimum Gasteiger partial charge on any atom is -0.465 e. The second-order valence-corrected chi connectivity index (χ2v) is 6.81. The monoisotopic (exact) mass is 425 g/mol. The van der Waals surface area contributed by atoms with Gasteiger partial charge < -0.3 is 14.8 Å². The van der Waals surface area contributed by atoms with Crippen LogP contribution in [-0.4, -0.2) is 47.9 Å². The number of carbonyl (C=O) groups is 3. The summed E-state index contributed by atoms with van der Waals surface area (Å²) in [5.41, 5.74) is 1.54. The molecule has 0 radical (unpaired) electrons. The Bertz CT molecular complexity index is 1060. The Kier molecular flexibility index (Phi) is 6.53. The molecule has 3 aromatic rings. The van der Waals surface area contributed by atoms with Gasteiger partial charge in [-0.05, 0) is 36.6 Å². The molecule has 0 saturated heterocycles. The average molecular weight is 425 g/mol. The highest BCUT2D eigenvalue weighted by Gasteiger charge is 2.20. The zero-order valence-corrected chi connectivity index (χ0v) is 17.4. The number of aromatic nitrogens is 2. The van der Waals surface area contributed by atoms with E-state index in [1.165, 1.54) is 50.4 Å². The number of anilines is 1. The Morgan fingerprint density at radius 1 is 0.967 bits per heavy atom. The van der Waals surface area contributed by atoms with Gasteiger partial charge in [0.25, 0.3) is 5.91 Å². The number of nitrogens with zero attached hydrogens (tertiary/aromatic N) is 2. The maximum atomic E-state index is 13.0. The van der Waals surface area contributed by atoms with E-state index >= 15 is 0 Å². The summed E-state index contributed by atoms with van der Waals surface area (Å²) in [5.74, 6) is -1.74. The zero-order valence-electron chi connectivity index (χ0n) is 16.5. The van der Waals surface area contributed by atoms with Crippen LogP contribution in [0.4, 0.5) is 5.69 Å². The highest BCUT2D eigenvalue weighted by atomic mass is 32.2. The Hall–Kier alpha value is -3.59. The molecule has 8 nitrogen and oxygen atoms in total. The van der Waals surface area contributed by atoms with Crippen molar-refractivity contribution < 1.29 is 23.9 Å². The zero-order chi connectivity index (χ0) is 21.7. The van der Waals surface area contributed by atoms with Gasteiger partial charge >= 0.3 is 11.9 Å². The molecular weight excluding hydrogens is 406 g/mol. The highest BCUT2D eigenvalue weighted by Crippen LogP contribution is 2.23. The number of para-hydroxylation sites is 1. The number of methoxy groups -OCH3 is 2. The minimum absolute atomic E-state index is 0.108.